The molecule has 5 heteroatoms. The zero-order valence-electron chi connectivity index (χ0n) is 13.3. The molecule has 2 fully saturated rings. The van der Waals surface area contributed by atoms with Crippen LogP contribution in [0.2, 0.25) is 0 Å². The minimum Gasteiger partial charge on any atom is -0.381 e. The summed E-state index contributed by atoms with van der Waals surface area (Å²) in [6.45, 7) is 4.14. The van der Waals surface area contributed by atoms with Crippen LogP contribution in [0.5, 0.6) is 0 Å². The quantitative estimate of drug-likeness (QED) is 0.905. The van der Waals surface area contributed by atoms with Crippen LogP contribution in [-0.2, 0) is 16.0 Å². The molecule has 1 N–H and O–H groups in total. The maximum atomic E-state index is 12.7. The number of carbonyl (C=O) groups excluding carboxylic acids is 1. The van der Waals surface area contributed by atoms with Crippen LogP contribution in [0.25, 0.3) is 0 Å². The number of nitrogens with one attached hydrogen (secondary N) is 1. The smallest absolute Gasteiger partial charge is 0.225 e. The molecule has 1 atom stereocenters. The van der Waals surface area contributed by atoms with Gasteiger partial charge in [-0.1, -0.05) is 0 Å². The maximum Gasteiger partial charge on any atom is 0.225 e. The Kier molecular flexibility index (Phi) is 4.74. The maximum absolute atomic E-state index is 12.7. The minimum atomic E-state index is 0.0961. The van der Waals surface area contributed by atoms with E-state index in [4.69, 9.17) is 4.74 Å². The summed E-state index contributed by atoms with van der Waals surface area (Å²) in [5, 5.41) is 3.14. The molecule has 1 amide bonds. The first-order valence-electron chi connectivity index (χ1n) is 8.12. The number of likely N-dealkylation sites (tertiary alicyclic amines) is 1. The molecule has 0 aromatic carbocycles. The third-order valence-corrected chi connectivity index (χ3v) is 5.09. The van der Waals surface area contributed by atoms with Crippen molar-refractivity contribution < 1.29 is 9.53 Å². The molecule has 5 nitrogen and oxygen atoms in total. The Morgan fingerprint density at radius 2 is 2.14 bits per heavy atom. The number of carbonyl (C=O) groups is 1. The number of aromatic nitrogens is 1. The molecule has 2 aliphatic heterocycles. The molecular formula is C17H25N3O2. The fraction of sp³-hybridized carbons (Fsp3) is 0.647. The van der Waals surface area contributed by atoms with E-state index in [0.717, 1.165) is 45.6 Å². The van der Waals surface area contributed by atoms with E-state index >= 15 is 0 Å². The van der Waals surface area contributed by atoms with Crippen molar-refractivity contribution in [1.29, 1.82) is 0 Å². The van der Waals surface area contributed by atoms with Crippen molar-refractivity contribution in [3.63, 3.8) is 0 Å². The fourth-order valence-electron chi connectivity index (χ4n) is 3.87. The number of hydrogen-bond donors (Lipinski definition) is 1. The summed E-state index contributed by atoms with van der Waals surface area (Å²) in [7, 11) is 2.11. The fourth-order valence-corrected chi connectivity index (χ4v) is 3.87. The zero-order chi connectivity index (χ0) is 15.4. The van der Waals surface area contributed by atoms with E-state index in [9.17, 15) is 4.79 Å². The first-order chi connectivity index (χ1) is 10.7. The van der Waals surface area contributed by atoms with Crippen molar-refractivity contribution in [3.05, 3.63) is 30.1 Å². The second-order valence-electron chi connectivity index (χ2n) is 6.62. The number of amides is 1. The highest BCUT2D eigenvalue weighted by Crippen LogP contribution is 2.43. The number of rotatable bonds is 4. The van der Waals surface area contributed by atoms with Gasteiger partial charge in [-0.05, 0) is 44.0 Å². The number of pyridine rings is 1. The van der Waals surface area contributed by atoms with Crippen LogP contribution in [0.1, 0.15) is 18.4 Å². The molecule has 0 aliphatic carbocycles. The Hall–Kier alpha value is -1.46. The first kappa shape index (κ1) is 15.4. The highest BCUT2D eigenvalue weighted by Gasteiger charge is 2.49. The molecule has 1 spiro atoms. The van der Waals surface area contributed by atoms with Crippen LogP contribution < -0.4 is 5.32 Å². The predicted octanol–water partition coefficient (Wildman–Crippen LogP) is 1.10. The SMILES string of the molecule is CN1CC(C(=O)NCCc2ccncc2)C2(CCOCC2)C1. The summed E-state index contributed by atoms with van der Waals surface area (Å²) in [4.78, 5) is 19.0. The van der Waals surface area contributed by atoms with Gasteiger partial charge in [-0.3, -0.25) is 9.78 Å². The van der Waals surface area contributed by atoms with Crippen LogP contribution in [0.3, 0.4) is 0 Å². The van der Waals surface area contributed by atoms with E-state index in [1.54, 1.807) is 12.4 Å². The molecule has 1 aromatic heterocycles. The van der Waals surface area contributed by atoms with Crippen molar-refractivity contribution in [1.82, 2.24) is 15.2 Å². The van der Waals surface area contributed by atoms with Crippen molar-refractivity contribution in [2.75, 3.05) is 39.9 Å². The number of hydrogen-bond acceptors (Lipinski definition) is 4. The van der Waals surface area contributed by atoms with Crippen LogP contribution in [0, 0.1) is 11.3 Å². The lowest BCUT2D eigenvalue weighted by Gasteiger charge is -2.37. The highest BCUT2D eigenvalue weighted by molar-refractivity contribution is 5.80. The Morgan fingerprint density at radius 1 is 1.41 bits per heavy atom. The molecule has 22 heavy (non-hydrogen) atoms. The van der Waals surface area contributed by atoms with E-state index in [-0.39, 0.29) is 17.2 Å². The van der Waals surface area contributed by atoms with Gasteiger partial charge < -0.3 is 15.0 Å². The second kappa shape index (κ2) is 6.75. The molecule has 2 aliphatic rings. The van der Waals surface area contributed by atoms with E-state index in [1.165, 1.54) is 5.56 Å². The third kappa shape index (κ3) is 3.31. The standard InChI is InChI=1S/C17H25N3O2/c1-20-12-15(17(13-20)5-10-22-11-6-17)16(21)19-9-4-14-2-7-18-8-3-14/h2-3,7-8,15H,4-6,9-13H2,1H3,(H,19,21). The van der Waals surface area contributed by atoms with Gasteiger partial charge in [0.05, 0.1) is 5.92 Å². The summed E-state index contributed by atoms with van der Waals surface area (Å²) < 4.78 is 5.50. The Bertz CT molecular complexity index is 500. The van der Waals surface area contributed by atoms with Crippen LogP contribution in [0.4, 0.5) is 0 Å². The zero-order valence-corrected chi connectivity index (χ0v) is 13.3. The highest BCUT2D eigenvalue weighted by atomic mass is 16.5. The van der Waals surface area contributed by atoms with Crippen LogP contribution in [0.15, 0.2) is 24.5 Å². The Labute approximate surface area is 132 Å². The lowest BCUT2D eigenvalue weighted by Crippen LogP contribution is -2.44. The predicted molar refractivity (Wildman–Crippen MR) is 84.4 cm³/mol. The minimum absolute atomic E-state index is 0.0961. The van der Waals surface area contributed by atoms with E-state index in [0.29, 0.717) is 6.54 Å². The molecule has 3 heterocycles. The van der Waals surface area contributed by atoms with Gasteiger partial charge in [-0.15, -0.1) is 0 Å². The molecule has 2 saturated heterocycles. The Morgan fingerprint density at radius 3 is 2.86 bits per heavy atom. The molecule has 1 aromatic rings. The lowest BCUT2D eigenvalue weighted by atomic mass is 9.72. The summed E-state index contributed by atoms with van der Waals surface area (Å²) >= 11 is 0. The molecule has 0 saturated carbocycles. The van der Waals surface area contributed by atoms with E-state index < -0.39 is 0 Å². The normalized spacial score (nSPS) is 24.5. The average molecular weight is 303 g/mol. The molecule has 120 valence electrons. The molecular weight excluding hydrogens is 278 g/mol. The number of nitrogens with zero attached hydrogens (tertiary/aromatic N) is 2. The van der Waals surface area contributed by atoms with Gasteiger partial charge in [0.25, 0.3) is 0 Å². The lowest BCUT2D eigenvalue weighted by molar-refractivity contribution is -0.129. The van der Waals surface area contributed by atoms with Crippen molar-refractivity contribution in [2.24, 2.45) is 11.3 Å². The Balaban J connectivity index is 1.56. The summed E-state index contributed by atoms with van der Waals surface area (Å²) in [6, 6.07) is 3.99. The van der Waals surface area contributed by atoms with E-state index in [1.807, 2.05) is 12.1 Å². The summed E-state index contributed by atoms with van der Waals surface area (Å²) in [5.41, 5.74) is 1.33. The van der Waals surface area contributed by atoms with Gasteiger partial charge in [0.15, 0.2) is 0 Å². The van der Waals surface area contributed by atoms with E-state index in [2.05, 4.69) is 22.2 Å². The topological polar surface area (TPSA) is 54.5 Å². The van der Waals surface area contributed by atoms with Crippen LogP contribution in [-0.4, -0.2) is 55.7 Å². The van der Waals surface area contributed by atoms with Gasteiger partial charge in [-0.2, -0.15) is 0 Å². The molecule has 3 rings (SSSR count). The monoisotopic (exact) mass is 303 g/mol. The van der Waals surface area contributed by atoms with Gasteiger partial charge in [0.1, 0.15) is 0 Å². The van der Waals surface area contributed by atoms with Gasteiger partial charge in [-0.25, -0.2) is 0 Å². The van der Waals surface area contributed by atoms with Gasteiger partial charge >= 0.3 is 0 Å². The van der Waals surface area contributed by atoms with Crippen molar-refractivity contribution >= 4 is 5.91 Å². The van der Waals surface area contributed by atoms with Crippen LogP contribution >= 0.6 is 0 Å². The molecule has 0 bridgehead atoms. The summed E-state index contributed by atoms with van der Waals surface area (Å²) in [6.07, 6.45) is 6.44. The molecule has 1 unspecified atom stereocenters. The van der Waals surface area contributed by atoms with Gasteiger partial charge in [0, 0.05) is 50.7 Å². The first-order valence-corrected chi connectivity index (χ1v) is 8.12. The van der Waals surface area contributed by atoms with Crippen molar-refractivity contribution in [3.8, 4) is 0 Å². The second-order valence-corrected chi connectivity index (χ2v) is 6.62. The average Bonchev–Trinajstić information content (AvgIpc) is 2.85. The van der Waals surface area contributed by atoms with Gasteiger partial charge in [0.2, 0.25) is 5.91 Å². The largest absolute Gasteiger partial charge is 0.381 e. The summed E-state index contributed by atoms with van der Waals surface area (Å²) in [5.74, 6) is 0.305. The number of ether oxygens (including phenoxy) is 1. The third-order valence-electron chi connectivity index (χ3n) is 5.09. The molecule has 0 radical (unpaired) electrons. The van der Waals surface area contributed by atoms with Crippen molar-refractivity contribution in [2.45, 2.75) is 19.3 Å².